The van der Waals surface area contributed by atoms with Gasteiger partial charge in [-0.25, -0.2) is 18.6 Å². The first kappa shape index (κ1) is 26.6. The fourth-order valence-electron chi connectivity index (χ4n) is 4.25. The zero-order valence-corrected chi connectivity index (χ0v) is 21.9. The van der Waals surface area contributed by atoms with Crippen LogP contribution < -0.4 is 5.32 Å². The third-order valence-electron chi connectivity index (χ3n) is 6.64. The molecular weight excluding hydrogens is 498 g/mol. The van der Waals surface area contributed by atoms with Crippen LogP contribution in [0.3, 0.4) is 0 Å². The normalized spacial score (nSPS) is 13.2. The van der Waals surface area contributed by atoms with Crippen molar-refractivity contribution in [3.8, 4) is 11.3 Å². The number of nitrogens with zero attached hydrogens (tertiary/aromatic N) is 1. The molecule has 0 saturated carbocycles. The SMILES string of the molecule is COC(C)(C)CCc1cccc2c1CCc1sc(NC(=O)c3cc(F)c(/C=C(\C)C(=O)O)c(F)c3)nc1-2. The number of halogens is 2. The first-order chi connectivity index (χ1) is 17.5. The summed E-state index contributed by atoms with van der Waals surface area (Å²) in [5, 5.41) is 12.0. The van der Waals surface area contributed by atoms with Gasteiger partial charge < -0.3 is 9.84 Å². The van der Waals surface area contributed by atoms with E-state index in [-0.39, 0.29) is 16.7 Å². The second-order valence-electron chi connectivity index (χ2n) is 9.64. The maximum atomic E-state index is 14.5. The summed E-state index contributed by atoms with van der Waals surface area (Å²) in [6.07, 6.45) is 4.30. The van der Waals surface area contributed by atoms with Crippen LogP contribution in [0.15, 0.2) is 35.9 Å². The maximum Gasteiger partial charge on any atom is 0.331 e. The van der Waals surface area contributed by atoms with Gasteiger partial charge in [-0.3, -0.25) is 10.1 Å². The molecule has 0 bridgehead atoms. The minimum atomic E-state index is -1.29. The Morgan fingerprint density at radius 2 is 1.92 bits per heavy atom. The van der Waals surface area contributed by atoms with E-state index in [9.17, 15) is 18.4 Å². The van der Waals surface area contributed by atoms with Gasteiger partial charge in [-0.1, -0.05) is 18.2 Å². The van der Waals surface area contributed by atoms with E-state index in [4.69, 9.17) is 9.84 Å². The highest BCUT2D eigenvalue weighted by Gasteiger charge is 2.25. The van der Waals surface area contributed by atoms with Crippen LogP contribution in [0.25, 0.3) is 17.3 Å². The van der Waals surface area contributed by atoms with E-state index in [1.165, 1.54) is 29.4 Å². The molecule has 194 valence electrons. The molecule has 0 radical (unpaired) electrons. The number of aryl methyl sites for hydroxylation is 2. The fourth-order valence-corrected chi connectivity index (χ4v) is 5.22. The van der Waals surface area contributed by atoms with Crippen molar-refractivity contribution in [3.05, 3.63) is 74.7 Å². The van der Waals surface area contributed by atoms with Crippen LogP contribution in [0, 0.1) is 11.6 Å². The van der Waals surface area contributed by atoms with Crippen LogP contribution in [0.5, 0.6) is 0 Å². The van der Waals surface area contributed by atoms with Crippen LogP contribution in [0.2, 0.25) is 0 Å². The van der Waals surface area contributed by atoms with Crippen LogP contribution in [0.4, 0.5) is 13.9 Å². The van der Waals surface area contributed by atoms with Crippen molar-refractivity contribution in [3.63, 3.8) is 0 Å². The average molecular weight is 527 g/mol. The van der Waals surface area contributed by atoms with Gasteiger partial charge in [0.05, 0.1) is 11.3 Å². The zero-order valence-electron chi connectivity index (χ0n) is 21.1. The monoisotopic (exact) mass is 526 g/mol. The number of amides is 1. The van der Waals surface area contributed by atoms with Crippen molar-refractivity contribution in [1.29, 1.82) is 0 Å². The van der Waals surface area contributed by atoms with E-state index in [1.807, 2.05) is 12.1 Å². The van der Waals surface area contributed by atoms with Gasteiger partial charge in [-0.05, 0) is 75.8 Å². The van der Waals surface area contributed by atoms with E-state index in [0.717, 1.165) is 60.0 Å². The molecule has 0 aliphatic heterocycles. The quantitative estimate of drug-likeness (QED) is 0.337. The number of aliphatic carboxylic acids is 1. The lowest BCUT2D eigenvalue weighted by atomic mass is 9.86. The molecule has 0 unspecified atom stereocenters. The summed E-state index contributed by atoms with van der Waals surface area (Å²) in [6, 6.07) is 7.94. The van der Waals surface area contributed by atoms with Gasteiger partial charge in [-0.2, -0.15) is 0 Å². The molecule has 0 atom stereocenters. The van der Waals surface area contributed by atoms with Gasteiger partial charge in [0.1, 0.15) is 11.6 Å². The van der Waals surface area contributed by atoms with Crippen LogP contribution in [-0.2, 0) is 28.8 Å². The Hall–Kier alpha value is -3.43. The Labute approximate surface area is 218 Å². The number of thiazole rings is 1. The predicted molar refractivity (Wildman–Crippen MR) is 140 cm³/mol. The van der Waals surface area contributed by atoms with Crippen molar-refractivity contribution >= 4 is 34.4 Å². The van der Waals surface area contributed by atoms with Crippen molar-refractivity contribution in [1.82, 2.24) is 4.98 Å². The first-order valence-corrected chi connectivity index (χ1v) is 12.7. The van der Waals surface area contributed by atoms with Crippen molar-refractivity contribution in [2.45, 2.75) is 52.1 Å². The number of nitrogens with one attached hydrogen (secondary N) is 1. The number of carboxylic acids is 1. The minimum absolute atomic E-state index is 0.219. The van der Waals surface area contributed by atoms with Crippen molar-refractivity contribution in [2.24, 2.45) is 0 Å². The molecule has 1 amide bonds. The van der Waals surface area contributed by atoms with Crippen molar-refractivity contribution < 1.29 is 28.2 Å². The summed E-state index contributed by atoms with van der Waals surface area (Å²) in [5.74, 6) is -4.05. The summed E-state index contributed by atoms with van der Waals surface area (Å²) in [6.45, 7) is 5.36. The molecule has 2 aromatic carbocycles. The molecule has 4 rings (SSSR count). The second-order valence-corrected chi connectivity index (χ2v) is 10.7. The number of fused-ring (bicyclic) bond motifs is 3. The standard InChI is InChI=1S/C28H28F2N2O4S/c1-15(26(34)35)12-20-21(29)13-17(14-22(20)30)25(33)32-27-31-24-19-7-5-6-16(10-11-28(2,3)36-4)18(19)8-9-23(24)37-27/h5-7,12-14H,8-11H2,1-4H3,(H,34,35)(H,31,32,33)/b15-12+. The smallest absolute Gasteiger partial charge is 0.331 e. The van der Waals surface area contributed by atoms with Gasteiger partial charge in [-0.15, -0.1) is 11.3 Å². The number of methoxy groups -OCH3 is 1. The number of carbonyl (C=O) groups is 2. The Kier molecular flexibility index (Phi) is 7.57. The average Bonchev–Trinajstić information content (AvgIpc) is 3.27. The molecule has 1 heterocycles. The van der Waals surface area contributed by atoms with Crippen LogP contribution in [0.1, 0.15) is 59.1 Å². The molecular formula is C28H28F2N2O4S. The van der Waals surface area contributed by atoms with Crippen LogP contribution in [-0.4, -0.2) is 34.7 Å². The Morgan fingerprint density at radius 3 is 2.57 bits per heavy atom. The molecule has 1 aliphatic carbocycles. The topological polar surface area (TPSA) is 88.5 Å². The third kappa shape index (κ3) is 5.78. The van der Waals surface area contributed by atoms with Gasteiger partial charge in [0.2, 0.25) is 0 Å². The predicted octanol–water partition coefficient (Wildman–Crippen LogP) is 6.28. The molecule has 9 heteroatoms. The Balaban J connectivity index is 1.56. The number of carbonyl (C=O) groups excluding carboxylic acids is 1. The summed E-state index contributed by atoms with van der Waals surface area (Å²) in [7, 11) is 1.71. The van der Waals surface area contributed by atoms with Crippen molar-refractivity contribution in [2.75, 3.05) is 12.4 Å². The number of benzene rings is 2. The number of hydrogen-bond donors (Lipinski definition) is 2. The number of ether oxygens (including phenoxy) is 1. The summed E-state index contributed by atoms with van der Waals surface area (Å²) in [5.41, 5.74) is 3.17. The number of hydrogen-bond acceptors (Lipinski definition) is 5. The lowest BCUT2D eigenvalue weighted by Crippen LogP contribution is -2.23. The fraction of sp³-hybridized carbons (Fsp3) is 0.321. The van der Waals surface area contributed by atoms with E-state index < -0.39 is 29.1 Å². The minimum Gasteiger partial charge on any atom is -0.478 e. The molecule has 3 aromatic rings. The summed E-state index contributed by atoms with van der Waals surface area (Å²) < 4.78 is 34.6. The number of rotatable bonds is 8. The second kappa shape index (κ2) is 10.5. The third-order valence-corrected chi connectivity index (χ3v) is 7.67. The first-order valence-electron chi connectivity index (χ1n) is 11.9. The number of aromatic nitrogens is 1. The molecule has 6 nitrogen and oxygen atoms in total. The highest BCUT2D eigenvalue weighted by molar-refractivity contribution is 7.16. The number of anilines is 1. The molecule has 0 saturated heterocycles. The Bertz CT molecular complexity index is 1390. The zero-order chi connectivity index (χ0) is 26.9. The Morgan fingerprint density at radius 1 is 1.22 bits per heavy atom. The molecule has 0 fully saturated rings. The lowest BCUT2D eigenvalue weighted by Gasteiger charge is -2.24. The van der Waals surface area contributed by atoms with E-state index in [0.29, 0.717) is 5.13 Å². The van der Waals surface area contributed by atoms with Crippen LogP contribution >= 0.6 is 11.3 Å². The van der Waals surface area contributed by atoms with E-state index >= 15 is 0 Å². The molecule has 0 spiro atoms. The van der Waals surface area contributed by atoms with Gasteiger partial charge >= 0.3 is 5.97 Å². The number of carboxylic acid groups (broad SMARTS) is 1. The molecule has 1 aliphatic rings. The molecule has 1 aromatic heterocycles. The molecule has 37 heavy (non-hydrogen) atoms. The summed E-state index contributed by atoms with van der Waals surface area (Å²) >= 11 is 1.35. The van der Waals surface area contributed by atoms with E-state index in [2.05, 4.69) is 30.2 Å². The van der Waals surface area contributed by atoms with Gasteiger partial charge in [0, 0.05) is 34.3 Å². The highest BCUT2D eigenvalue weighted by atomic mass is 32.1. The summed E-state index contributed by atoms with van der Waals surface area (Å²) in [4.78, 5) is 29.4. The molecule has 2 N–H and O–H groups in total. The van der Waals surface area contributed by atoms with Gasteiger partial charge in [0.15, 0.2) is 5.13 Å². The maximum absolute atomic E-state index is 14.5. The van der Waals surface area contributed by atoms with Gasteiger partial charge in [0.25, 0.3) is 5.91 Å². The largest absolute Gasteiger partial charge is 0.478 e. The van der Waals surface area contributed by atoms with E-state index in [1.54, 1.807) is 7.11 Å². The highest BCUT2D eigenvalue weighted by Crippen LogP contribution is 2.40. The lowest BCUT2D eigenvalue weighted by molar-refractivity contribution is -0.132.